The number of methoxy groups -OCH3 is 3. The molecule has 8 nitrogen and oxygen atoms in total. The number of thiazole rings is 1. The van der Waals surface area contributed by atoms with Crippen LogP contribution in [-0.4, -0.2) is 32.2 Å². The van der Waals surface area contributed by atoms with Gasteiger partial charge in [0.15, 0.2) is 16.6 Å². The number of anilines is 1. The van der Waals surface area contributed by atoms with Crippen LogP contribution in [0.2, 0.25) is 0 Å². The molecule has 2 aromatic heterocycles. The van der Waals surface area contributed by atoms with Gasteiger partial charge in [-0.05, 0) is 42.5 Å². The topological polar surface area (TPSA) is 99.9 Å². The van der Waals surface area contributed by atoms with Crippen molar-refractivity contribution in [1.82, 2.24) is 4.98 Å². The van der Waals surface area contributed by atoms with Crippen LogP contribution in [0.3, 0.4) is 0 Å². The molecule has 0 aliphatic rings. The molecule has 0 saturated carbocycles. The van der Waals surface area contributed by atoms with Gasteiger partial charge in [-0.25, -0.2) is 9.78 Å². The first-order valence-electron chi connectivity index (χ1n) is 9.13. The van der Waals surface area contributed by atoms with E-state index in [1.807, 2.05) is 6.07 Å². The molecule has 0 spiro atoms. The Hall–Kier alpha value is -3.85. The summed E-state index contributed by atoms with van der Waals surface area (Å²) in [5.41, 5.74) is 0.964. The number of fused-ring (bicyclic) bond motifs is 1. The van der Waals surface area contributed by atoms with Crippen molar-refractivity contribution >= 4 is 33.3 Å². The Morgan fingerprint density at radius 1 is 1.00 bits per heavy atom. The third-order valence-corrected chi connectivity index (χ3v) is 5.35. The number of benzene rings is 2. The van der Waals surface area contributed by atoms with Gasteiger partial charge in [-0.2, -0.15) is 0 Å². The van der Waals surface area contributed by atoms with Crippen LogP contribution in [0.15, 0.2) is 57.1 Å². The minimum Gasteiger partial charge on any atom is -0.497 e. The zero-order valence-corrected chi connectivity index (χ0v) is 17.7. The third-order valence-electron chi connectivity index (χ3n) is 4.59. The second-order valence-electron chi connectivity index (χ2n) is 6.41. The quantitative estimate of drug-likeness (QED) is 0.451. The average molecular weight is 438 g/mol. The molecule has 0 radical (unpaired) electrons. The summed E-state index contributed by atoms with van der Waals surface area (Å²) in [5.74, 6) is 1.16. The summed E-state index contributed by atoms with van der Waals surface area (Å²) in [6.45, 7) is 0. The van der Waals surface area contributed by atoms with E-state index in [1.165, 1.54) is 24.5 Å². The molecular formula is C22H18N2O6S. The zero-order chi connectivity index (χ0) is 22.0. The number of nitrogens with zero attached hydrogens (tertiary/aromatic N) is 1. The lowest BCUT2D eigenvalue weighted by molar-refractivity contribution is 0.102. The second kappa shape index (κ2) is 8.49. The SMILES string of the molecule is COc1ccc2oc(=O)c(C(=O)Nc3nc(-c4ccc(OC)c(OC)c4)cs3)cc2c1. The number of hydrogen-bond acceptors (Lipinski definition) is 8. The number of nitrogens with one attached hydrogen (secondary N) is 1. The van der Waals surface area contributed by atoms with Crippen LogP contribution >= 0.6 is 11.3 Å². The van der Waals surface area contributed by atoms with Gasteiger partial charge in [0, 0.05) is 16.3 Å². The van der Waals surface area contributed by atoms with Crippen LogP contribution < -0.4 is 25.2 Å². The summed E-state index contributed by atoms with van der Waals surface area (Å²) in [5, 5.41) is 5.38. The number of rotatable bonds is 6. The van der Waals surface area contributed by atoms with Gasteiger partial charge in [0.25, 0.3) is 5.91 Å². The predicted octanol–water partition coefficient (Wildman–Crippen LogP) is 4.19. The monoisotopic (exact) mass is 438 g/mol. The Kier molecular flexibility index (Phi) is 5.59. The number of ether oxygens (including phenoxy) is 3. The molecule has 158 valence electrons. The molecule has 0 saturated heterocycles. The number of aromatic nitrogens is 1. The molecule has 4 aromatic rings. The number of carbonyl (C=O) groups is 1. The van der Waals surface area contributed by atoms with E-state index in [0.29, 0.717) is 39.0 Å². The summed E-state index contributed by atoms with van der Waals surface area (Å²) < 4.78 is 21.0. The standard InChI is InChI=1S/C22H18N2O6S/c1-27-14-5-7-17-13(8-14)9-15(21(26)30-17)20(25)24-22-23-16(11-31-22)12-4-6-18(28-2)19(10-12)29-3/h4-11H,1-3H3,(H,23,24,25). The highest BCUT2D eigenvalue weighted by Crippen LogP contribution is 2.33. The van der Waals surface area contributed by atoms with Crippen molar-refractivity contribution in [2.75, 3.05) is 26.6 Å². The minimum atomic E-state index is -0.730. The van der Waals surface area contributed by atoms with E-state index in [4.69, 9.17) is 18.6 Å². The van der Waals surface area contributed by atoms with E-state index in [1.54, 1.807) is 49.9 Å². The Labute approximate surface area is 181 Å². The molecule has 0 unspecified atom stereocenters. The van der Waals surface area contributed by atoms with Crippen LogP contribution in [-0.2, 0) is 0 Å². The Morgan fingerprint density at radius 2 is 1.81 bits per heavy atom. The molecule has 2 aromatic carbocycles. The fourth-order valence-corrected chi connectivity index (χ4v) is 3.73. The predicted molar refractivity (Wildman–Crippen MR) is 118 cm³/mol. The van der Waals surface area contributed by atoms with Crippen LogP contribution in [0, 0.1) is 0 Å². The summed E-state index contributed by atoms with van der Waals surface area (Å²) >= 11 is 1.24. The van der Waals surface area contributed by atoms with Crippen LogP contribution in [0.4, 0.5) is 5.13 Å². The maximum atomic E-state index is 12.7. The molecule has 0 atom stereocenters. The third kappa shape index (κ3) is 4.08. The van der Waals surface area contributed by atoms with Gasteiger partial charge in [0.05, 0.1) is 27.0 Å². The molecule has 9 heteroatoms. The van der Waals surface area contributed by atoms with Gasteiger partial charge < -0.3 is 18.6 Å². The lowest BCUT2D eigenvalue weighted by Gasteiger charge is -2.08. The molecule has 1 amide bonds. The fraction of sp³-hybridized carbons (Fsp3) is 0.136. The van der Waals surface area contributed by atoms with Crippen LogP contribution in [0.25, 0.3) is 22.2 Å². The van der Waals surface area contributed by atoms with E-state index in [-0.39, 0.29) is 5.56 Å². The van der Waals surface area contributed by atoms with E-state index in [0.717, 1.165) is 5.56 Å². The molecule has 0 aliphatic carbocycles. The number of amides is 1. The van der Waals surface area contributed by atoms with Gasteiger partial charge in [-0.1, -0.05) is 0 Å². The highest BCUT2D eigenvalue weighted by Gasteiger charge is 2.17. The Morgan fingerprint density at radius 3 is 2.55 bits per heavy atom. The summed E-state index contributed by atoms with van der Waals surface area (Å²) in [7, 11) is 4.65. The van der Waals surface area contributed by atoms with Gasteiger partial charge in [0.1, 0.15) is 16.9 Å². The molecule has 0 aliphatic heterocycles. The van der Waals surface area contributed by atoms with E-state index in [9.17, 15) is 9.59 Å². The summed E-state index contributed by atoms with van der Waals surface area (Å²) in [4.78, 5) is 29.4. The molecule has 0 bridgehead atoms. The zero-order valence-electron chi connectivity index (χ0n) is 16.9. The van der Waals surface area contributed by atoms with Crippen molar-refractivity contribution in [2.45, 2.75) is 0 Å². The minimum absolute atomic E-state index is 0.122. The highest BCUT2D eigenvalue weighted by atomic mass is 32.1. The van der Waals surface area contributed by atoms with Gasteiger partial charge in [-0.3, -0.25) is 10.1 Å². The van der Waals surface area contributed by atoms with Crippen molar-refractivity contribution in [3.8, 4) is 28.5 Å². The summed E-state index contributed by atoms with van der Waals surface area (Å²) in [6.07, 6.45) is 0. The van der Waals surface area contributed by atoms with E-state index in [2.05, 4.69) is 10.3 Å². The molecule has 4 rings (SSSR count). The maximum absolute atomic E-state index is 12.7. The van der Waals surface area contributed by atoms with Crippen molar-refractivity contribution < 1.29 is 23.4 Å². The molecule has 0 fully saturated rings. The van der Waals surface area contributed by atoms with E-state index < -0.39 is 11.5 Å². The number of carbonyl (C=O) groups excluding carboxylic acids is 1. The molecule has 1 N–H and O–H groups in total. The van der Waals surface area contributed by atoms with Gasteiger partial charge >= 0.3 is 5.63 Å². The van der Waals surface area contributed by atoms with Gasteiger partial charge in [-0.15, -0.1) is 11.3 Å². The molecular weight excluding hydrogens is 420 g/mol. The molecule has 2 heterocycles. The van der Waals surface area contributed by atoms with E-state index >= 15 is 0 Å². The van der Waals surface area contributed by atoms with Crippen molar-refractivity contribution in [2.24, 2.45) is 0 Å². The first-order chi connectivity index (χ1) is 15.0. The van der Waals surface area contributed by atoms with Crippen molar-refractivity contribution in [1.29, 1.82) is 0 Å². The first kappa shape index (κ1) is 20.4. The Bertz CT molecular complexity index is 1330. The lowest BCUT2D eigenvalue weighted by Crippen LogP contribution is -2.20. The van der Waals surface area contributed by atoms with Crippen LogP contribution in [0.1, 0.15) is 10.4 Å². The normalized spacial score (nSPS) is 10.7. The van der Waals surface area contributed by atoms with Crippen molar-refractivity contribution in [3.05, 3.63) is 63.8 Å². The van der Waals surface area contributed by atoms with Crippen molar-refractivity contribution in [3.63, 3.8) is 0 Å². The smallest absolute Gasteiger partial charge is 0.349 e. The highest BCUT2D eigenvalue weighted by molar-refractivity contribution is 7.14. The fourth-order valence-electron chi connectivity index (χ4n) is 3.01. The first-order valence-corrected chi connectivity index (χ1v) is 10.0. The largest absolute Gasteiger partial charge is 0.497 e. The Balaban J connectivity index is 1.59. The number of hydrogen-bond donors (Lipinski definition) is 1. The van der Waals surface area contributed by atoms with Gasteiger partial charge in [0.2, 0.25) is 0 Å². The lowest BCUT2D eigenvalue weighted by atomic mass is 10.1. The summed E-state index contributed by atoms with van der Waals surface area (Å²) in [6, 6.07) is 11.9. The average Bonchev–Trinajstić information content (AvgIpc) is 3.26. The molecule has 31 heavy (non-hydrogen) atoms. The maximum Gasteiger partial charge on any atom is 0.349 e. The second-order valence-corrected chi connectivity index (χ2v) is 7.27. The van der Waals surface area contributed by atoms with Crippen LogP contribution in [0.5, 0.6) is 17.2 Å².